The molecule has 2 aromatic heterocycles. The van der Waals surface area contributed by atoms with Crippen molar-refractivity contribution in [3.05, 3.63) is 64.9 Å². The van der Waals surface area contributed by atoms with Gasteiger partial charge in [-0.15, -0.1) is 0 Å². The highest BCUT2D eigenvalue weighted by atomic mass is 32.1. The van der Waals surface area contributed by atoms with E-state index in [1.54, 1.807) is 18.3 Å². The van der Waals surface area contributed by atoms with Gasteiger partial charge in [0, 0.05) is 66.0 Å². The Morgan fingerprint density at radius 1 is 1.02 bits per heavy atom. The van der Waals surface area contributed by atoms with Gasteiger partial charge in [-0.1, -0.05) is 0 Å². The van der Waals surface area contributed by atoms with Gasteiger partial charge in [-0.05, 0) is 73.8 Å². The summed E-state index contributed by atoms with van der Waals surface area (Å²) in [5, 5.41) is 15.7. The molecule has 0 spiro atoms. The molecule has 2 N–H and O–H groups in total. The molecule has 40 heavy (non-hydrogen) atoms. The highest BCUT2D eigenvalue weighted by molar-refractivity contribution is 7.08. The van der Waals surface area contributed by atoms with E-state index in [4.69, 9.17) is 0 Å². The van der Waals surface area contributed by atoms with Crippen molar-refractivity contribution in [1.29, 1.82) is 0 Å². The van der Waals surface area contributed by atoms with Gasteiger partial charge in [-0.2, -0.15) is 16.4 Å². The fourth-order valence-electron chi connectivity index (χ4n) is 5.56. The quantitative estimate of drug-likeness (QED) is 0.333. The second-order valence-corrected chi connectivity index (χ2v) is 11.3. The van der Waals surface area contributed by atoms with Crippen LogP contribution in [0.15, 0.2) is 59.3 Å². The van der Waals surface area contributed by atoms with E-state index < -0.39 is 0 Å². The van der Waals surface area contributed by atoms with E-state index in [0.717, 1.165) is 59.6 Å². The van der Waals surface area contributed by atoms with Gasteiger partial charge in [0.1, 0.15) is 5.69 Å². The lowest BCUT2D eigenvalue weighted by Crippen LogP contribution is -2.51. The minimum atomic E-state index is -0.154. The summed E-state index contributed by atoms with van der Waals surface area (Å²) < 4.78 is 0. The number of aromatic nitrogens is 2. The number of carbonyl (C=O) groups excluding carboxylic acids is 3. The number of hydrogen-bond acceptors (Lipinski definition) is 7. The van der Waals surface area contributed by atoms with Gasteiger partial charge in [0.15, 0.2) is 5.78 Å². The van der Waals surface area contributed by atoms with E-state index in [-0.39, 0.29) is 23.5 Å². The minimum absolute atomic E-state index is 0.0146. The first kappa shape index (κ1) is 26.2. The number of ketones is 1. The molecule has 4 heterocycles. The van der Waals surface area contributed by atoms with Crippen molar-refractivity contribution >= 4 is 51.2 Å². The summed E-state index contributed by atoms with van der Waals surface area (Å²) in [4.78, 5) is 43.9. The molecule has 10 heteroatoms. The van der Waals surface area contributed by atoms with Crippen molar-refractivity contribution in [3.63, 3.8) is 0 Å². The first-order chi connectivity index (χ1) is 19.4. The number of H-pyrrole nitrogens is 1. The molecule has 2 fully saturated rings. The largest absolute Gasteiger partial charge is 0.368 e. The molecule has 0 bridgehead atoms. The summed E-state index contributed by atoms with van der Waals surface area (Å²) in [7, 11) is 0. The normalized spacial score (nSPS) is 17.9. The van der Waals surface area contributed by atoms with Crippen LogP contribution in [0.2, 0.25) is 0 Å². The minimum Gasteiger partial charge on any atom is -0.368 e. The third-order valence-electron chi connectivity index (χ3n) is 7.90. The highest BCUT2D eigenvalue weighted by Gasteiger charge is 2.31. The van der Waals surface area contributed by atoms with Crippen LogP contribution in [0.1, 0.15) is 23.7 Å². The van der Waals surface area contributed by atoms with Crippen LogP contribution in [0.25, 0.3) is 22.2 Å². The third kappa shape index (κ3) is 5.50. The molecule has 2 aliphatic rings. The molecule has 0 aliphatic carbocycles. The van der Waals surface area contributed by atoms with Crippen molar-refractivity contribution in [1.82, 2.24) is 20.0 Å². The lowest BCUT2D eigenvalue weighted by atomic mass is 10.1. The Morgan fingerprint density at radius 3 is 2.55 bits per heavy atom. The number of hydrogen-bond donors (Lipinski definition) is 2. The maximum absolute atomic E-state index is 13.1. The maximum Gasteiger partial charge on any atom is 0.236 e. The van der Waals surface area contributed by atoms with Crippen LogP contribution >= 0.6 is 11.3 Å². The molecule has 0 radical (unpaired) electrons. The van der Waals surface area contributed by atoms with Gasteiger partial charge in [0.2, 0.25) is 11.8 Å². The second kappa shape index (κ2) is 11.2. The topological polar surface area (TPSA) is 102 Å². The number of thiophene rings is 1. The molecule has 2 aliphatic heterocycles. The number of piperazine rings is 1. The van der Waals surface area contributed by atoms with E-state index in [0.29, 0.717) is 31.7 Å². The first-order valence-corrected chi connectivity index (χ1v) is 14.6. The molecule has 2 amide bonds. The molecule has 2 saturated heterocycles. The fraction of sp³-hybridized carbons (Fsp3) is 0.333. The SMILES string of the molecule is CC(=O)c1ccc(N2CCN(C(=O)CN3CC[C@@H](C(=O)Nc4ccc5[nH]nc(-c6ccsc6)c5c4)C3)CC2)cc1. The predicted octanol–water partition coefficient (Wildman–Crippen LogP) is 4.10. The molecule has 1 atom stereocenters. The van der Waals surface area contributed by atoms with Crippen LogP contribution in [-0.4, -0.2) is 83.4 Å². The fourth-order valence-corrected chi connectivity index (χ4v) is 6.20. The molecule has 206 valence electrons. The molecule has 0 unspecified atom stereocenters. The van der Waals surface area contributed by atoms with Crippen LogP contribution in [0.3, 0.4) is 0 Å². The van der Waals surface area contributed by atoms with Crippen molar-refractivity contribution in [2.24, 2.45) is 5.92 Å². The number of benzene rings is 2. The summed E-state index contributed by atoms with van der Waals surface area (Å²) in [6, 6.07) is 15.5. The molecule has 0 saturated carbocycles. The maximum atomic E-state index is 13.1. The van der Waals surface area contributed by atoms with E-state index in [1.807, 2.05) is 58.8 Å². The Balaban J connectivity index is 0.994. The Kier molecular flexibility index (Phi) is 7.36. The standard InChI is InChI=1S/C30H32N6O3S/c1-20(37)21-2-5-25(6-3-21)35-11-13-36(14-12-35)28(38)18-34-10-8-22(17-34)30(39)31-24-4-7-27-26(16-24)29(33-32-27)23-9-15-40-19-23/h2-7,9,15-16,19,22H,8,10-14,17-18H2,1H3,(H,31,39)(H,32,33)/t22-/m1/s1. The summed E-state index contributed by atoms with van der Waals surface area (Å²) in [6.45, 7) is 6.05. The van der Waals surface area contributed by atoms with Crippen molar-refractivity contribution in [2.45, 2.75) is 13.3 Å². The van der Waals surface area contributed by atoms with Crippen LogP contribution in [0, 0.1) is 5.92 Å². The second-order valence-electron chi connectivity index (χ2n) is 10.5. The average molecular weight is 557 g/mol. The smallest absolute Gasteiger partial charge is 0.236 e. The summed E-state index contributed by atoms with van der Waals surface area (Å²) in [5.74, 6) is 0.0000442. The molecule has 4 aromatic rings. The van der Waals surface area contributed by atoms with Gasteiger partial charge in [-0.3, -0.25) is 24.4 Å². The zero-order valence-electron chi connectivity index (χ0n) is 22.4. The third-order valence-corrected chi connectivity index (χ3v) is 8.58. The van der Waals surface area contributed by atoms with Crippen LogP contribution in [0.5, 0.6) is 0 Å². The number of Topliss-reactive ketones (excluding diaryl/α,β-unsaturated/α-hetero) is 1. The first-order valence-electron chi connectivity index (χ1n) is 13.6. The summed E-state index contributed by atoms with van der Waals surface area (Å²) >= 11 is 1.62. The number of rotatable bonds is 7. The number of anilines is 2. The van der Waals surface area contributed by atoms with Crippen molar-refractivity contribution in [2.75, 3.05) is 56.0 Å². The monoisotopic (exact) mass is 556 g/mol. The van der Waals surface area contributed by atoms with Crippen molar-refractivity contribution in [3.8, 4) is 11.3 Å². The number of nitrogens with one attached hydrogen (secondary N) is 2. The molecule has 6 rings (SSSR count). The van der Waals surface area contributed by atoms with Gasteiger partial charge in [0.25, 0.3) is 0 Å². The Bertz CT molecular complexity index is 1520. The Morgan fingerprint density at radius 2 is 1.82 bits per heavy atom. The van der Waals surface area contributed by atoms with Gasteiger partial charge >= 0.3 is 0 Å². The van der Waals surface area contributed by atoms with Crippen LogP contribution in [0.4, 0.5) is 11.4 Å². The van der Waals surface area contributed by atoms with Crippen LogP contribution in [-0.2, 0) is 9.59 Å². The Labute approximate surface area is 236 Å². The van der Waals surface area contributed by atoms with Gasteiger partial charge < -0.3 is 15.1 Å². The predicted molar refractivity (Wildman–Crippen MR) is 158 cm³/mol. The lowest BCUT2D eigenvalue weighted by Gasteiger charge is -2.36. The highest BCUT2D eigenvalue weighted by Crippen LogP contribution is 2.30. The number of amides is 2. The molecular formula is C30H32N6O3S. The molecular weight excluding hydrogens is 524 g/mol. The number of nitrogens with zero attached hydrogens (tertiary/aromatic N) is 4. The van der Waals surface area contributed by atoms with E-state index >= 15 is 0 Å². The van der Waals surface area contributed by atoms with Gasteiger partial charge in [0.05, 0.1) is 18.0 Å². The zero-order chi connectivity index (χ0) is 27.6. The van der Waals surface area contributed by atoms with Crippen molar-refractivity contribution < 1.29 is 14.4 Å². The number of aromatic amines is 1. The molecule has 2 aromatic carbocycles. The number of carbonyl (C=O) groups is 3. The van der Waals surface area contributed by atoms with E-state index in [9.17, 15) is 14.4 Å². The van der Waals surface area contributed by atoms with Crippen LogP contribution < -0.4 is 10.2 Å². The summed E-state index contributed by atoms with van der Waals surface area (Å²) in [5.41, 5.74) is 5.39. The Hall–Kier alpha value is -4.02. The van der Waals surface area contributed by atoms with E-state index in [2.05, 4.69) is 30.7 Å². The molecule has 9 nitrogen and oxygen atoms in total. The average Bonchev–Trinajstić information content (AvgIpc) is 3.74. The van der Waals surface area contributed by atoms with Gasteiger partial charge in [-0.25, -0.2) is 0 Å². The number of fused-ring (bicyclic) bond motifs is 1. The zero-order valence-corrected chi connectivity index (χ0v) is 23.2. The lowest BCUT2D eigenvalue weighted by molar-refractivity contribution is -0.132. The number of likely N-dealkylation sites (tertiary alicyclic amines) is 1. The van der Waals surface area contributed by atoms with E-state index in [1.165, 1.54) is 0 Å². The summed E-state index contributed by atoms with van der Waals surface area (Å²) in [6.07, 6.45) is 0.733.